The summed E-state index contributed by atoms with van der Waals surface area (Å²) in [5.41, 5.74) is 1.31. The van der Waals surface area contributed by atoms with Crippen molar-refractivity contribution in [2.45, 2.75) is 37.9 Å². The second kappa shape index (κ2) is 8.43. The molecule has 0 unspecified atom stereocenters. The molecule has 1 aliphatic carbocycles. The van der Waals surface area contributed by atoms with E-state index in [0.717, 1.165) is 48.3 Å². The Morgan fingerprint density at radius 3 is 2.47 bits per heavy atom. The average Bonchev–Trinajstić information content (AvgIpc) is 3.24. The SMILES string of the molecule is N#Cc1ccc2nc(-c3ccc(N4CCC(OC5CC(C(=O)O)(C(=O)O)C5)CC4)nc3)[nH]c2c1. The van der Waals surface area contributed by atoms with E-state index in [1.807, 2.05) is 18.2 Å². The zero-order valence-electron chi connectivity index (χ0n) is 18.3. The number of anilines is 1. The molecule has 2 fully saturated rings. The van der Waals surface area contributed by atoms with Gasteiger partial charge in [0.15, 0.2) is 5.41 Å². The van der Waals surface area contributed by atoms with E-state index in [1.165, 1.54) is 0 Å². The highest BCUT2D eigenvalue weighted by atomic mass is 16.5. The number of carboxylic acid groups (broad SMARTS) is 2. The summed E-state index contributed by atoms with van der Waals surface area (Å²) in [5.74, 6) is -1.04. The summed E-state index contributed by atoms with van der Waals surface area (Å²) in [6, 6.07) is 11.4. The van der Waals surface area contributed by atoms with Gasteiger partial charge in [-0.05, 0) is 43.2 Å². The molecule has 1 saturated heterocycles. The zero-order valence-corrected chi connectivity index (χ0v) is 18.3. The van der Waals surface area contributed by atoms with Gasteiger partial charge in [0.2, 0.25) is 0 Å². The maximum absolute atomic E-state index is 11.3. The summed E-state index contributed by atoms with van der Waals surface area (Å²) in [6.07, 6.45) is 2.98. The predicted octanol–water partition coefficient (Wildman–Crippen LogP) is 2.80. The van der Waals surface area contributed by atoms with Crippen molar-refractivity contribution in [2.24, 2.45) is 5.41 Å². The summed E-state index contributed by atoms with van der Waals surface area (Å²) in [7, 11) is 0. The molecule has 3 N–H and O–H groups in total. The van der Waals surface area contributed by atoms with Gasteiger partial charge < -0.3 is 24.8 Å². The molecule has 2 aliphatic rings. The summed E-state index contributed by atoms with van der Waals surface area (Å²) >= 11 is 0. The van der Waals surface area contributed by atoms with Crippen molar-refractivity contribution in [3.8, 4) is 17.5 Å². The highest BCUT2D eigenvalue weighted by molar-refractivity contribution is 5.99. The van der Waals surface area contributed by atoms with E-state index in [0.29, 0.717) is 11.4 Å². The van der Waals surface area contributed by atoms with Crippen LogP contribution in [0.15, 0.2) is 36.5 Å². The second-order valence-electron chi connectivity index (χ2n) is 8.88. The van der Waals surface area contributed by atoms with Crippen LogP contribution in [0.25, 0.3) is 22.4 Å². The van der Waals surface area contributed by atoms with Crippen LogP contribution >= 0.6 is 0 Å². The molecule has 3 aromatic rings. The number of fused-ring (bicyclic) bond motifs is 1. The molecule has 0 atom stereocenters. The summed E-state index contributed by atoms with van der Waals surface area (Å²) in [6.45, 7) is 1.49. The van der Waals surface area contributed by atoms with Gasteiger partial charge in [-0.25, -0.2) is 9.97 Å². The van der Waals surface area contributed by atoms with Crippen LogP contribution in [0.4, 0.5) is 5.82 Å². The molecular weight excluding hydrogens is 438 g/mol. The van der Waals surface area contributed by atoms with Crippen LogP contribution in [0.5, 0.6) is 0 Å². The standard InChI is InChI=1S/C24H23N5O5/c25-12-14-1-3-18-19(9-14)28-21(27-18)15-2-4-20(26-13-15)29-7-5-16(6-8-29)34-17-10-24(11-17,22(30)31)23(32)33/h1-4,9,13,16-17H,5-8,10-11H2,(H,27,28)(H,30,31)(H,32,33). The van der Waals surface area contributed by atoms with Gasteiger partial charge in [0.05, 0.1) is 34.9 Å². The number of piperidine rings is 1. The molecule has 1 aliphatic heterocycles. The number of nitrogens with zero attached hydrogens (tertiary/aromatic N) is 4. The summed E-state index contributed by atoms with van der Waals surface area (Å²) < 4.78 is 5.98. The number of aromatic nitrogens is 3. The van der Waals surface area contributed by atoms with Crippen molar-refractivity contribution < 1.29 is 24.5 Å². The molecule has 174 valence electrons. The van der Waals surface area contributed by atoms with Gasteiger partial charge in [-0.1, -0.05) is 0 Å². The molecule has 0 amide bonds. The van der Waals surface area contributed by atoms with Gasteiger partial charge >= 0.3 is 11.9 Å². The molecule has 5 rings (SSSR count). The van der Waals surface area contributed by atoms with E-state index >= 15 is 0 Å². The van der Waals surface area contributed by atoms with Crippen LogP contribution in [-0.2, 0) is 14.3 Å². The summed E-state index contributed by atoms with van der Waals surface area (Å²) in [4.78, 5) is 37.2. The fourth-order valence-corrected chi connectivity index (χ4v) is 4.68. The minimum absolute atomic E-state index is 0.0144. The molecule has 0 bridgehead atoms. The molecular formula is C24H23N5O5. The van der Waals surface area contributed by atoms with Gasteiger partial charge in [0.1, 0.15) is 11.6 Å². The third-order valence-electron chi connectivity index (χ3n) is 6.75. The van der Waals surface area contributed by atoms with Crippen LogP contribution < -0.4 is 4.90 Å². The van der Waals surface area contributed by atoms with Gasteiger partial charge in [-0.2, -0.15) is 5.26 Å². The number of pyridine rings is 1. The van der Waals surface area contributed by atoms with Gasteiger partial charge in [0, 0.05) is 37.7 Å². The van der Waals surface area contributed by atoms with E-state index < -0.39 is 17.4 Å². The number of hydrogen-bond donors (Lipinski definition) is 3. The monoisotopic (exact) mass is 461 g/mol. The number of benzene rings is 1. The first-order valence-electron chi connectivity index (χ1n) is 11.1. The normalized spacial score (nSPS) is 18.4. The molecule has 10 heteroatoms. The second-order valence-corrected chi connectivity index (χ2v) is 8.88. The van der Waals surface area contributed by atoms with Gasteiger partial charge in [-0.3, -0.25) is 9.59 Å². The first-order chi connectivity index (χ1) is 16.4. The highest BCUT2D eigenvalue weighted by Gasteiger charge is 2.57. The number of H-pyrrole nitrogens is 1. The number of ether oxygens (including phenoxy) is 1. The number of hydrogen-bond acceptors (Lipinski definition) is 7. The average molecular weight is 461 g/mol. The van der Waals surface area contributed by atoms with Crippen LogP contribution in [0.1, 0.15) is 31.2 Å². The number of aromatic amines is 1. The Hall–Kier alpha value is -3.97. The lowest BCUT2D eigenvalue weighted by Gasteiger charge is -2.43. The number of carbonyl (C=O) groups is 2. The highest BCUT2D eigenvalue weighted by Crippen LogP contribution is 2.44. The van der Waals surface area contributed by atoms with Crippen LogP contribution in [0.3, 0.4) is 0 Å². The van der Waals surface area contributed by atoms with Crippen molar-refractivity contribution in [1.82, 2.24) is 15.0 Å². The Kier molecular flexibility index (Phi) is 5.42. The Morgan fingerprint density at radius 1 is 1.12 bits per heavy atom. The maximum Gasteiger partial charge on any atom is 0.321 e. The molecule has 3 heterocycles. The van der Waals surface area contributed by atoms with Crippen molar-refractivity contribution in [2.75, 3.05) is 18.0 Å². The van der Waals surface area contributed by atoms with Gasteiger partial charge in [-0.15, -0.1) is 0 Å². The Bertz CT molecular complexity index is 1270. The number of imidazole rings is 1. The third-order valence-corrected chi connectivity index (χ3v) is 6.75. The molecule has 34 heavy (non-hydrogen) atoms. The molecule has 10 nitrogen and oxygen atoms in total. The minimum atomic E-state index is -1.70. The first kappa shape index (κ1) is 21.9. The lowest BCUT2D eigenvalue weighted by atomic mass is 9.66. The topological polar surface area (TPSA) is 152 Å². The predicted molar refractivity (Wildman–Crippen MR) is 121 cm³/mol. The van der Waals surface area contributed by atoms with Crippen LogP contribution in [0.2, 0.25) is 0 Å². The number of nitriles is 1. The Labute approximate surface area is 194 Å². The smallest absolute Gasteiger partial charge is 0.321 e. The molecule has 1 saturated carbocycles. The number of carboxylic acids is 2. The van der Waals surface area contributed by atoms with Crippen molar-refractivity contribution in [3.63, 3.8) is 0 Å². The van der Waals surface area contributed by atoms with E-state index in [2.05, 4.69) is 25.9 Å². The maximum atomic E-state index is 11.3. The fraction of sp³-hybridized carbons (Fsp3) is 0.375. The largest absolute Gasteiger partial charge is 0.480 e. The number of nitrogens with one attached hydrogen (secondary N) is 1. The van der Waals surface area contributed by atoms with Crippen molar-refractivity contribution in [1.29, 1.82) is 5.26 Å². The lowest BCUT2D eigenvalue weighted by molar-refractivity contribution is -0.189. The van der Waals surface area contributed by atoms with Crippen molar-refractivity contribution in [3.05, 3.63) is 42.1 Å². The Morgan fingerprint density at radius 2 is 1.85 bits per heavy atom. The van der Waals surface area contributed by atoms with Gasteiger partial charge in [0.25, 0.3) is 0 Å². The van der Waals surface area contributed by atoms with E-state index in [4.69, 9.17) is 10.00 Å². The Balaban J connectivity index is 1.17. The zero-order chi connectivity index (χ0) is 23.9. The lowest BCUT2D eigenvalue weighted by Crippen LogP contribution is -2.54. The molecule has 1 aromatic carbocycles. The van der Waals surface area contributed by atoms with Crippen LogP contribution in [-0.4, -0.2) is 62.4 Å². The van der Waals surface area contributed by atoms with E-state index in [-0.39, 0.29) is 25.0 Å². The molecule has 0 radical (unpaired) electrons. The summed E-state index contributed by atoms with van der Waals surface area (Å²) in [5, 5.41) is 27.5. The number of aliphatic carboxylic acids is 2. The third kappa shape index (κ3) is 3.84. The molecule has 0 spiro atoms. The van der Waals surface area contributed by atoms with Crippen molar-refractivity contribution >= 4 is 28.8 Å². The minimum Gasteiger partial charge on any atom is -0.480 e. The first-order valence-corrected chi connectivity index (χ1v) is 11.1. The van der Waals surface area contributed by atoms with E-state index in [9.17, 15) is 19.8 Å². The van der Waals surface area contributed by atoms with E-state index in [1.54, 1.807) is 18.3 Å². The fourth-order valence-electron chi connectivity index (χ4n) is 4.68. The van der Waals surface area contributed by atoms with Crippen LogP contribution in [0, 0.1) is 16.7 Å². The molecule has 2 aromatic heterocycles. The quantitative estimate of drug-likeness (QED) is 0.470. The number of rotatable bonds is 6.